The maximum absolute atomic E-state index is 5.25. The molecule has 0 amide bonds. The van der Waals surface area contributed by atoms with Crippen LogP contribution in [0.15, 0.2) is 18.2 Å². The lowest BCUT2D eigenvalue weighted by Crippen LogP contribution is -2.23. The summed E-state index contributed by atoms with van der Waals surface area (Å²) >= 11 is 0. The van der Waals surface area contributed by atoms with Gasteiger partial charge in [-0.15, -0.1) is 0 Å². The van der Waals surface area contributed by atoms with E-state index in [0.717, 1.165) is 12.2 Å². The Morgan fingerprint density at radius 2 is 2.33 bits per heavy atom. The van der Waals surface area contributed by atoms with Gasteiger partial charge in [-0.05, 0) is 49.9 Å². The van der Waals surface area contributed by atoms with Gasteiger partial charge in [-0.2, -0.15) is 0 Å². The van der Waals surface area contributed by atoms with Crippen LogP contribution in [-0.4, -0.2) is 19.7 Å². The van der Waals surface area contributed by atoms with Crippen LogP contribution in [-0.2, 0) is 6.42 Å². The standard InChI is InChI=1S/C13H19NO/c1-10-8-11(5-6-13(10)15-2)9-12-4-3-7-14-12/h5-6,8,12,14H,3-4,7,9H2,1-2H3. The number of ether oxygens (including phenoxy) is 1. The van der Waals surface area contributed by atoms with E-state index < -0.39 is 0 Å². The van der Waals surface area contributed by atoms with E-state index in [1.807, 2.05) is 0 Å². The summed E-state index contributed by atoms with van der Waals surface area (Å²) in [5.74, 6) is 0.984. The smallest absolute Gasteiger partial charge is 0.121 e. The Kier molecular flexibility index (Phi) is 3.27. The summed E-state index contributed by atoms with van der Waals surface area (Å²) in [6, 6.07) is 7.15. The Hall–Kier alpha value is -1.02. The van der Waals surface area contributed by atoms with Crippen molar-refractivity contribution < 1.29 is 4.74 Å². The van der Waals surface area contributed by atoms with Crippen LogP contribution in [0.25, 0.3) is 0 Å². The summed E-state index contributed by atoms with van der Waals surface area (Å²) in [5, 5.41) is 3.52. The third-order valence-electron chi connectivity index (χ3n) is 3.10. The maximum Gasteiger partial charge on any atom is 0.121 e. The number of benzene rings is 1. The molecule has 1 saturated heterocycles. The minimum atomic E-state index is 0.679. The van der Waals surface area contributed by atoms with Gasteiger partial charge in [0, 0.05) is 6.04 Å². The van der Waals surface area contributed by atoms with Crippen molar-refractivity contribution in [3.8, 4) is 5.75 Å². The minimum Gasteiger partial charge on any atom is -0.496 e. The van der Waals surface area contributed by atoms with Crippen LogP contribution in [0.5, 0.6) is 5.75 Å². The minimum absolute atomic E-state index is 0.679. The van der Waals surface area contributed by atoms with Gasteiger partial charge in [0.2, 0.25) is 0 Å². The molecule has 2 heteroatoms. The van der Waals surface area contributed by atoms with E-state index >= 15 is 0 Å². The molecule has 1 aromatic carbocycles. The molecule has 82 valence electrons. The third-order valence-corrected chi connectivity index (χ3v) is 3.10. The summed E-state index contributed by atoms with van der Waals surface area (Å²) in [6.45, 7) is 3.28. The van der Waals surface area contributed by atoms with Crippen molar-refractivity contribution in [3.05, 3.63) is 29.3 Å². The Morgan fingerprint density at radius 1 is 1.47 bits per heavy atom. The molecule has 1 heterocycles. The van der Waals surface area contributed by atoms with Crippen molar-refractivity contribution >= 4 is 0 Å². The van der Waals surface area contributed by atoms with Crippen LogP contribution < -0.4 is 10.1 Å². The fourth-order valence-corrected chi connectivity index (χ4v) is 2.28. The normalized spacial score (nSPS) is 20.5. The Balaban J connectivity index is 2.05. The first-order valence-corrected chi connectivity index (χ1v) is 5.66. The van der Waals surface area contributed by atoms with E-state index in [0.29, 0.717) is 6.04 Å². The Morgan fingerprint density at radius 3 is 2.93 bits per heavy atom. The molecule has 1 unspecified atom stereocenters. The van der Waals surface area contributed by atoms with Crippen LogP contribution in [0.4, 0.5) is 0 Å². The second-order valence-electron chi connectivity index (χ2n) is 4.30. The molecule has 0 aromatic heterocycles. The van der Waals surface area contributed by atoms with Gasteiger partial charge >= 0.3 is 0 Å². The van der Waals surface area contributed by atoms with E-state index in [4.69, 9.17) is 4.74 Å². The van der Waals surface area contributed by atoms with Gasteiger partial charge in [0.25, 0.3) is 0 Å². The first-order chi connectivity index (χ1) is 7.29. The summed E-state index contributed by atoms with van der Waals surface area (Å²) in [7, 11) is 1.72. The number of rotatable bonds is 3. The first-order valence-electron chi connectivity index (χ1n) is 5.66. The molecule has 0 aliphatic carbocycles. The lowest BCUT2D eigenvalue weighted by molar-refractivity contribution is 0.411. The second-order valence-corrected chi connectivity index (χ2v) is 4.30. The van der Waals surface area contributed by atoms with Crippen molar-refractivity contribution in [2.75, 3.05) is 13.7 Å². The van der Waals surface area contributed by atoms with Crippen molar-refractivity contribution in [3.63, 3.8) is 0 Å². The molecule has 1 aromatic rings. The molecule has 0 radical (unpaired) electrons. The zero-order valence-corrected chi connectivity index (χ0v) is 9.55. The van der Waals surface area contributed by atoms with Crippen LogP contribution in [0.3, 0.4) is 0 Å². The average Bonchev–Trinajstić information content (AvgIpc) is 2.71. The van der Waals surface area contributed by atoms with Gasteiger partial charge in [0.15, 0.2) is 0 Å². The molecule has 15 heavy (non-hydrogen) atoms. The van der Waals surface area contributed by atoms with Gasteiger partial charge in [-0.3, -0.25) is 0 Å². The molecule has 1 N–H and O–H groups in total. The molecule has 0 spiro atoms. The summed E-state index contributed by atoms with van der Waals surface area (Å²) in [4.78, 5) is 0. The quantitative estimate of drug-likeness (QED) is 0.817. The highest BCUT2D eigenvalue weighted by atomic mass is 16.5. The molecule has 2 rings (SSSR count). The monoisotopic (exact) mass is 205 g/mol. The topological polar surface area (TPSA) is 21.3 Å². The van der Waals surface area contributed by atoms with Crippen LogP contribution in [0.1, 0.15) is 24.0 Å². The van der Waals surface area contributed by atoms with Crippen molar-refractivity contribution in [1.82, 2.24) is 5.32 Å². The molecule has 2 nitrogen and oxygen atoms in total. The van der Waals surface area contributed by atoms with Gasteiger partial charge in [0.1, 0.15) is 5.75 Å². The fourth-order valence-electron chi connectivity index (χ4n) is 2.28. The number of nitrogens with one attached hydrogen (secondary N) is 1. The fraction of sp³-hybridized carbons (Fsp3) is 0.538. The lowest BCUT2D eigenvalue weighted by atomic mass is 10.0. The molecule has 1 atom stereocenters. The number of aryl methyl sites for hydroxylation is 1. The zero-order chi connectivity index (χ0) is 10.7. The van der Waals surface area contributed by atoms with Crippen molar-refractivity contribution in [2.24, 2.45) is 0 Å². The Labute approximate surface area is 91.6 Å². The molecule has 0 saturated carbocycles. The van der Waals surface area contributed by atoms with Gasteiger partial charge in [-0.25, -0.2) is 0 Å². The SMILES string of the molecule is COc1ccc(CC2CCCN2)cc1C. The van der Waals surface area contributed by atoms with E-state index in [1.165, 1.54) is 30.5 Å². The summed E-state index contributed by atoms with van der Waals surface area (Å²) in [6.07, 6.45) is 3.77. The zero-order valence-electron chi connectivity index (χ0n) is 9.55. The van der Waals surface area contributed by atoms with E-state index in [9.17, 15) is 0 Å². The summed E-state index contributed by atoms with van der Waals surface area (Å²) < 4.78 is 5.25. The van der Waals surface area contributed by atoms with Gasteiger partial charge in [-0.1, -0.05) is 12.1 Å². The predicted molar refractivity (Wildman–Crippen MR) is 62.5 cm³/mol. The molecular formula is C13H19NO. The largest absolute Gasteiger partial charge is 0.496 e. The lowest BCUT2D eigenvalue weighted by Gasteiger charge is -2.12. The van der Waals surface area contributed by atoms with Gasteiger partial charge in [0.05, 0.1) is 7.11 Å². The number of hydrogen-bond donors (Lipinski definition) is 1. The van der Waals surface area contributed by atoms with Crippen LogP contribution in [0.2, 0.25) is 0 Å². The highest BCUT2D eigenvalue weighted by Gasteiger charge is 2.14. The van der Waals surface area contributed by atoms with Crippen LogP contribution in [0, 0.1) is 6.92 Å². The van der Waals surface area contributed by atoms with Crippen molar-refractivity contribution in [1.29, 1.82) is 0 Å². The molecular weight excluding hydrogens is 186 g/mol. The second kappa shape index (κ2) is 4.67. The number of methoxy groups -OCH3 is 1. The maximum atomic E-state index is 5.25. The number of hydrogen-bond acceptors (Lipinski definition) is 2. The van der Waals surface area contributed by atoms with E-state index in [-0.39, 0.29) is 0 Å². The Bertz CT molecular complexity index is 329. The molecule has 0 bridgehead atoms. The third kappa shape index (κ3) is 2.51. The molecule has 1 aliphatic rings. The van der Waals surface area contributed by atoms with E-state index in [1.54, 1.807) is 7.11 Å². The highest BCUT2D eigenvalue weighted by molar-refractivity contribution is 5.36. The average molecular weight is 205 g/mol. The highest BCUT2D eigenvalue weighted by Crippen LogP contribution is 2.20. The van der Waals surface area contributed by atoms with Crippen LogP contribution >= 0.6 is 0 Å². The predicted octanol–water partition coefficient (Wildman–Crippen LogP) is 2.30. The van der Waals surface area contributed by atoms with Crippen molar-refractivity contribution in [2.45, 2.75) is 32.2 Å². The molecule has 1 fully saturated rings. The van der Waals surface area contributed by atoms with E-state index in [2.05, 4.69) is 30.4 Å². The first kappa shape index (κ1) is 10.5. The van der Waals surface area contributed by atoms with Gasteiger partial charge < -0.3 is 10.1 Å². The molecule has 1 aliphatic heterocycles. The summed E-state index contributed by atoms with van der Waals surface area (Å²) in [5.41, 5.74) is 2.64.